The molecule has 1 aromatic carbocycles. The molecule has 5 N–H and O–H groups in total. The third kappa shape index (κ3) is 3.77. The van der Waals surface area contributed by atoms with E-state index in [1.54, 1.807) is 0 Å². The van der Waals surface area contributed by atoms with Gasteiger partial charge in [-0.3, -0.25) is 4.79 Å². The van der Waals surface area contributed by atoms with Crippen molar-refractivity contribution in [3.8, 4) is 0 Å². The lowest BCUT2D eigenvalue weighted by Crippen LogP contribution is -2.40. The first-order valence-electron chi connectivity index (χ1n) is 6.72. The SMILES string of the molecule is N=NN=C(N)c1cc(Cl)c(F)c(CNC(=O)[C@@H]2CCCN2)c1. The normalized spacial score (nSPS) is 18.3. The van der Waals surface area contributed by atoms with Crippen molar-refractivity contribution in [1.82, 2.24) is 10.6 Å². The molecule has 1 aliphatic heterocycles. The monoisotopic (exact) mass is 326 g/mol. The van der Waals surface area contributed by atoms with Crippen LogP contribution in [0, 0.1) is 11.3 Å². The van der Waals surface area contributed by atoms with E-state index < -0.39 is 5.82 Å². The Kier molecular flexibility index (Phi) is 5.40. The molecule has 0 saturated carbocycles. The first kappa shape index (κ1) is 16.3. The van der Waals surface area contributed by atoms with Crippen LogP contribution in [0.5, 0.6) is 0 Å². The Morgan fingerprint density at radius 3 is 3.00 bits per heavy atom. The topological polar surface area (TPSA) is 116 Å². The predicted molar refractivity (Wildman–Crippen MR) is 80.2 cm³/mol. The number of amidine groups is 1. The fourth-order valence-electron chi connectivity index (χ4n) is 2.25. The van der Waals surface area contributed by atoms with E-state index in [0.29, 0.717) is 5.56 Å². The number of hydrogen-bond acceptors (Lipinski definition) is 4. The average Bonchev–Trinajstić information content (AvgIpc) is 3.02. The van der Waals surface area contributed by atoms with Crippen LogP contribution >= 0.6 is 11.6 Å². The van der Waals surface area contributed by atoms with Crippen LogP contribution in [0.25, 0.3) is 0 Å². The van der Waals surface area contributed by atoms with Crippen LogP contribution in [-0.4, -0.2) is 24.3 Å². The quantitative estimate of drug-likeness (QED) is 0.284. The highest BCUT2D eigenvalue weighted by Crippen LogP contribution is 2.21. The molecule has 1 saturated heterocycles. The molecule has 2 rings (SSSR count). The molecule has 1 atom stereocenters. The Morgan fingerprint density at radius 1 is 1.59 bits per heavy atom. The summed E-state index contributed by atoms with van der Waals surface area (Å²) in [6.45, 7) is 0.791. The maximum Gasteiger partial charge on any atom is 0.237 e. The summed E-state index contributed by atoms with van der Waals surface area (Å²) in [4.78, 5) is 11.9. The molecule has 118 valence electrons. The van der Waals surface area contributed by atoms with Gasteiger partial charge in [0.15, 0.2) is 5.84 Å². The number of hydrogen-bond donors (Lipinski definition) is 4. The van der Waals surface area contributed by atoms with Gasteiger partial charge < -0.3 is 16.4 Å². The Balaban J connectivity index is 2.13. The van der Waals surface area contributed by atoms with Gasteiger partial charge in [-0.25, -0.2) is 4.39 Å². The zero-order valence-corrected chi connectivity index (χ0v) is 12.5. The Labute approximate surface area is 131 Å². The number of carbonyl (C=O) groups is 1. The Bertz CT molecular complexity index is 615. The summed E-state index contributed by atoms with van der Waals surface area (Å²) in [5, 5.41) is 11.8. The fraction of sp³-hybridized carbons (Fsp3) is 0.385. The fourth-order valence-corrected chi connectivity index (χ4v) is 2.49. The van der Waals surface area contributed by atoms with Crippen LogP contribution in [0.4, 0.5) is 4.39 Å². The van der Waals surface area contributed by atoms with Gasteiger partial charge in [-0.2, -0.15) is 5.53 Å². The van der Waals surface area contributed by atoms with E-state index in [0.717, 1.165) is 19.4 Å². The molecule has 0 aromatic heterocycles. The second-order valence-electron chi connectivity index (χ2n) is 4.88. The lowest BCUT2D eigenvalue weighted by Gasteiger charge is -2.13. The molecule has 1 heterocycles. The molecule has 0 bridgehead atoms. The molecular formula is C13H16ClFN6O. The van der Waals surface area contributed by atoms with Crippen molar-refractivity contribution in [3.05, 3.63) is 34.1 Å². The highest BCUT2D eigenvalue weighted by atomic mass is 35.5. The van der Waals surface area contributed by atoms with Crippen molar-refractivity contribution in [2.75, 3.05) is 6.54 Å². The van der Waals surface area contributed by atoms with Gasteiger partial charge in [-0.1, -0.05) is 16.8 Å². The second-order valence-corrected chi connectivity index (χ2v) is 5.29. The highest BCUT2D eigenvalue weighted by Gasteiger charge is 2.22. The van der Waals surface area contributed by atoms with Gasteiger partial charge in [0.1, 0.15) is 5.82 Å². The van der Waals surface area contributed by atoms with Gasteiger partial charge >= 0.3 is 0 Å². The molecule has 1 aliphatic rings. The lowest BCUT2D eigenvalue weighted by atomic mass is 10.1. The van der Waals surface area contributed by atoms with E-state index in [1.807, 2.05) is 0 Å². The summed E-state index contributed by atoms with van der Waals surface area (Å²) in [5.41, 5.74) is 12.8. The molecule has 7 nitrogen and oxygen atoms in total. The summed E-state index contributed by atoms with van der Waals surface area (Å²) in [6.07, 6.45) is 1.71. The minimum Gasteiger partial charge on any atom is -0.382 e. The van der Waals surface area contributed by atoms with Crippen LogP contribution in [-0.2, 0) is 11.3 Å². The summed E-state index contributed by atoms with van der Waals surface area (Å²) in [5.74, 6) is -0.858. The minimum atomic E-state index is -0.624. The van der Waals surface area contributed by atoms with Crippen molar-refractivity contribution in [2.45, 2.75) is 25.4 Å². The number of nitrogens with one attached hydrogen (secondary N) is 3. The number of halogens is 2. The predicted octanol–water partition coefficient (Wildman–Crippen LogP) is 1.50. The summed E-state index contributed by atoms with van der Waals surface area (Å²) < 4.78 is 14.0. The number of amides is 1. The summed E-state index contributed by atoms with van der Waals surface area (Å²) in [7, 11) is 0. The summed E-state index contributed by atoms with van der Waals surface area (Å²) >= 11 is 5.82. The molecule has 0 unspecified atom stereocenters. The van der Waals surface area contributed by atoms with Gasteiger partial charge in [0, 0.05) is 17.7 Å². The van der Waals surface area contributed by atoms with Gasteiger partial charge in [0.05, 0.1) is 11.1 Å². The van der Waals surface area contributed by atoms with Crippen LogP contribution in [0.2, 0.25) is 5.02 Å². The van der Waals surface area contributed by atoms with Crippen LogP contribution in [0.3, 0.4) is 0 Å². The number of rotatable bonds is 5. The number of benzene rings is 1. The molecular weight excluding hydrogens is 311 g/mol. The smallest absolute Gasteiger partial charge is 0.237 e. The maximum atomic E-state index is 14.0. The molecule has 1 aromatic rings. The van der Waals surface area contributed by atoms with Crippen molar-refractivity contribution in [2.24, 2.45) is 16.1 Å². The van der Waals surface area contributed by atoms with Crippen molar-refractivity contribution < 1.29 is 9.18 Å². The number of carbonyl (C=O) groups excluding carboxylic acids is 1. The molecule has 1 fully saturated rings. The molecule has 22 heavy (non-hydrogen) atoms. The zero-order valence-electron chi connectivity index (χ0n) is 11.7. The van der Waals surface area contributed by atoms with Crippen molar-refractivity contribution in [1.29, 1.82) is 5.53 Å². The Morgan fingerprint density at radius 2 is 2.36 bits per heavy atom. The Hall–Kier alpha value is -2.06. The maximum absolute atomic E-state index is 14.0. The van der Waals surface area contributed by atoms with E-state index in [1.165, 1.54) is 12.1 Å². The van der Waals surface area contributed by atoms with E-state index in [2.05, 4.69) is 21.0 Å². The molecule has 1 amide bonds. The number of nitrogens with zero attached hydrogens (tertiary/aromatic N) is 2. The molecule has 9 heteroatoms. The van der Waals surface area contributed by atoms with Crippen LogP contribution in [0.15, 0.2) is 22.5 Å². The third-order valence-electron chi connectivity index (χ3n) is 3.39. The third-order valence-corrected chi connectivity index (χ3v) is 3.66. The first-order chi connectivity index (χ1) is 10.5. The first-order valence-corrected chi connectivity index (χ1v) is 7.10. The van der Waals surface area contributed by atoms with E-state index in [4.69, 9.17) is 22.9 Å². The van der Waals surface area contributed by atoms with Crippen LogP contribution in [0.1, 0.15) is 24.0 Å². The van der Waals surface area contributed by atoms with E-state index >= 15 is 0 Å². The van der Waals surface area contributed by atoms with Gasteiger partial charge in [0.25, 0.3) is 0 Å². The largest absolute Gasteiger partial charge is 0.382 e. The zero-order chi connectivity index (χ0) is 16.1. The molecule has 0 radical (unpaired) electrons. The minimum absolute atomic E-state index is 0.0122. The van der Waals surface area contributed by atoms with E-state index in [9.17, 15) is 9.18 Å². The van der Waals surface area contributed by atoms with Crippen molar-refractivity contribution >= 4 is 23.3 Å². The second kappa shape index (κ2) is 7.28. The van der Waals surface area contributed by atoms with Crippen molar-refractivity contribution in [3.63, 3.8) is 0 Å². The lowest BCUT2D eigenvalue weighted by molar-refractivity contribution is -0.122. The number of nitrogens with two attached hydrogens (primary N) is 1. The van der Waals surface area contributed by atoms with Gasteiger partial charge in [-0.05, 0) is 31.5 Å². The van der Waals surface area contributed by atoms with Gasteiger partial charge in [-0.15, -0.1) is 5.10 Å². The summed E-state index contributed by atoms with van der Waals surface area (Å²) in [6, 6.07) is 2.48. The standard InChI is InChI=1S/C13H16ClFN6O/c14-9-5-7(12(16)20-21-17)4-8(11(9)15)6-19-13(22)10-2-1-3-18-10/h4-5,10,18H,1-3,6H2,(H,19,22)(H3,16,17,20)/t10-/m0/s1. The average molecular weight is 327 g/mol. The molecule has 0 spiro atoms. The van der Waals surface area contributed by atoms with Crippen LogP contribution < -0.4 is 16.4 Å². The molecule has 0 aliphatic carbocycles. The van der Waals surface area contributed by atoms with E-state index in [-0.39, 0.29) is 34.9 Å². The van der Waals surface area contributed by atoms with Gasteiger partial charge in [0.2, 0.25) is 5.91 Å². The highest BCUT2D eigenvalue weighted by molar-refractivity contribution is 6.31.